The summed E-state index contributed by atoms with van der Waals surface area (Å²) in [5.41, 5.74) is 1.35. The minimum atomic E-state index is -0.255. The lowest BCUT2D eigenvalue weighted by atomic mass is 9.98. The average Bonchev–Trinajstić information content (AvgIpc) is 3.06. The molecule has 4 nitrogen and oxygen atoms in total. The zero-order chi connectivity index (χ0) is 14.1. The Kier molecular flexibility index (Phi) is 4.10. The summed E-state index contributed by atoms with van der Waals surface area (Å²) >= 11 is 1.81. The first-order valence-electron chi connectivity index (χ1n) is 7.45. The minimum absolute atomic E-state index is 0.211. The molecule has 0 bridgehead atoms. The number of aliphatic hydroxyl groups excluding tert-OH is 1. The zero-order valence-electron chi connectivity index (χ0n) is 11.9. The van der Waals surface area contributed by atoms with Gasteiger partial charge in [-0.25, -0.2) is 0 Å². The highest BCUT2D eigenvalue weighted by Gasteiger charge is 2.32. The van der Waals surface area contributed by atoms with Crippen LogP contribution in [0.25, 0.3) is 0 Å². The van der Waals surface area contributed by atoms with Crippen LogP contribution < -0.4 is 0 Å². The van der Waals surface area contributed by atoms with Gasteiger partial charge in [0.15, 0.2) is 0 Å². The van der Waals surface area contributed by atoms with Crippen LogP contribution in [-0.2, 0) is 11.2 Å². The van der Waals surface area contributed by atoms with Gasteiger partial charge in [-0.05, 0) is 36.3 Å². The molecule has 20 heavy (non-hydrogen) atoms. The second-order valence-electron chi connectivity index (χ2n) is 5.74. The molecule has 1 amide bonds. The van der Waals surface area contributed by atoms with Gasteiger partial charge in [0.05, 0.1) is 18.7 Å². The summed E-state index contributed by atoms with van der Waals surface area (Å²) in [4.78, 5) is 18.1. The molecule has 3 rings (SSSR count). The SMILES string of the molecule is CCC1c2ccsc2CCN1C(=O)CN1CC[C@H](O)C1. The van der Waals surface area contributed by atoms with Gasteiger partial charge in [-0.3, -0.25) is 9.69 Å². The highest BCUT2D eigenvalue weighted by atomic mass is 32.1. The average molecular weight is 294 g/mol. The van der Waals surface area contributed by atoms with Crippen LogP contribution in [0.2, 0.25) is 0 Å². The summed E-state index contributed by atoms with van der Waals surface area (Å²) in [6, 6.07) is 2.41. The molecule has 0 aromatic carbocycles. The Morgan fingerprint density at radius 2 is 2.35 bits per heavy atom. The molecule has 0 saturated carbocycles. The summed E-state index contributed by atoms with van der Waals surface area (Å²) < 4.78 is 0. The second kappa shape index (κ2) is 5.84. The van der Waals surface area contributed by atoms with Gasteiger partial charge < -0.3 is 10.0 Å². The Hall–Kier alpha value is -0.910. The van der Waals surface area contributed by atoms with E-state index in [1.807, 2.05) is 16.2 Å². The largest absolute Gasteiger partial charge is 0.392 e. The number of aliphatic hydroxyl groups is 1. The maximum Gasteiger partial charge on any atom is 0.237 e. The van der Waals surface area contributed by atoms with E-state index in [4.69, 9.17) is 0 Å². The first kappa shape index (κ1) is 14.0. The Balaban J connectivity index is 1.68. The molecule has 110 valence electrons. The second-order valence-corrected chi connectivity index (χ2v) is 6.74. The zero-order valence-corrected chi connectivity index (χ0v) is 12.7. The fourth-order valence-corrected chi connectivity index (χ4v) is 4.30. The van der Waals surface area contributed by atoms with Crippen molar-refractivity contribution in [3.63, 3.8) is 0 Å². The molecule has 2 aliphatic rings. The number of fused-ring (bicyclic) bond motifs is 1. The summed E-state index contributed by atoms with van der Waals surface area (Å²) in [6.45, 7) is 4.91. The van der Waals surface area contributed by atoms with Crippen molar-refractivity contribution in [3.05, 3.63) is 21.9 Å². The van der Waals surface area contributed by atoms with E-state index >= 15 is 0 Å². The predicted molar refractivity (Wildman–Crippen MR) is 79.8 cm³/mol. The van der Waals surface area contributed by atoms with Crippen LogP contribution in [-0.4, -0.2) is 53.1 Å². The van der Waals surface area contributed by atoms with Gasteiger partial charge in [0.1, 0.15) is 0 Å². The fourth-order valence-electron chi connectivity index (χ4n) is 3.37. The number of carbonyl (C=O) groups excluding carboxylic acids is 1. The van der Waals surface area contributed by atoms with Crippen molar-refractivity contribution in [2.45, 2.75) is 38.3 Å². The normalized spacial score (nSPS) is 26.8. The number of likely N-dealkylation sites (tertiary alicyclic amines) is 1. The van der Waals surface area contributed by atoms with Crippen LogP contribution in [0.15, 0.2) is 11.4 Å². The van der Waals surface area contributed by atoms with Crippen molar-refractivity contribution in [2.24, 2.45) is 0 Å². The Morgan fingerprint density at radius 3 is 3.05 bits per heavy atom. The molecule has 1 unspecified atom stereocenters. The van der Waals surface area contributed by atoms with Gasteiger partial charge in [0.2, 0.25) is 5.91 Å². The molecule has 2 aliphatic heterocycles. The third-order valence-electron chi connectivity index (χ3n) is 4.41. The maximum absolute atomic E-state index is 12.6. The number of amides is 1. The molecule has 1 saturated heterocycles. The van der Waals surface area contributed by atoms with Crippen LogP contribution in [0.3, 0.4) is 0 Å². The van der Waals surface area contributed by atoms with Crippen LogP contribution >= 0.6 is 11.3 Å². The highest BCUT2D eigenvalue weighted by Crippen LogP contribution is 2.35. The molecule has 0 radical (unpaired) electrons. The number of hydrogen-bond acceptors (Lipinski definition) is 4. The minimum Gasteiger partial charge on any atom is -0.392 e. The third kappa shape index (κ3) is 2.62. The Bertz CT molecular complexity index is 488. The van der Waals surface area contributed by atoms with E-state index in [9.17, 15) is 9.90 Å². The van der Waals surface area contributed by atoms with Crippen molar-refractivity contribution < 1.29 is 9.90 Å². The summed E-state index contributed by atoms with van der Waals surface area (Å²) in [7, 11) is 0. The molecule has 1 aromatic rings. The summed E-state index contributed by atoms with van der Waals surface area (Å²) in [5.74, 6) is 0.211. The quantitative estimate of drug-likeness (QED) is 0.922. The number of β-amino-alcohol motifs (C(OH)–C–C–N with tert-alkyl or cyclic N) is 1. The van der Waals surface area contributed by atoms with Gasteiger partial charge in [-0.15, -0.1) is 11.3 Å². The smallest absolute Gasteiger partial charge is 0.237 e. The van der Waals surface area contributed by atoms with Crippen LogP contribution in [0.5, 0.6) is 0 Å². The number of thiophene rings is 1. The molecule has 3 heterocycles. The van der Waals surface area contributed by atoms with Crippen molar-refractivity contribution in [2.75, 3.05) is 26.2 Å². The summed E-state index contributed by atoms with van der Waals surface area (Å²) in [6.07, 6.45) is 2.49. The molecule has 5 heteroatoms. The molecular formula is C15H22N2O2S. The van der Waals surface area contributed by atoms with E-state index < -0.39 is 0 Å². The number of hydrogen-bond donors (Lipinski definition) is 1. The Labute approximate surface area is 124 Å². The van der Waals surface area contributed by atoms with E-state index in [0.717, 1.165) is 32.4 Å². The van der Waals surface area contributed by atoms with Crippen molar-refractivity contribution in [3.8, 4) is 0 Å². The number of rotatable bonds is 3. The van der Waals surface area contributed by atoms with Gasteiger partial charge in [0, 0.05) is 24.5 Å². The van der Waals surface area contributed by atoms with Gasteiger partial charge in [-0.2, -0.15) is 0 Å². The maximum atomic E-state index is 12.6. The Morgan fingerprint density at radius 1 is 1.50 bits per heavy atom. The molecule has 1 fully saturated rings. The van der Waals surface area contributed by atoms with E-state index in [1.165, 1.54) is 10.4 Å². The van der Waals surface area contributed by atoms with Crippen LogP contribution in [0, 0.1) is 0 Å². The van der Waals surface area contributed by atoms with Crippen LogP contribution in [0.4, 0.5) is 0 Å². The molecule has 1 aromatic heterocycles. The summed E-state index contributed by atoms with van der Waals surface area (Å²) in [5, 5.41) is 11.7. The first-order chi connectivity index (χ1) is 9.69. The topological polar surface area (TPSA) is 43.8 Å². The van der Waals surface area contributed by atoms with Gasteiger partial charge in [0.25, 0.3) is 0 Å². The molecule has 2 atom stereocenters. The lowest BCUT2D eigenvalue weighted by Gasteiger charge is -2.36. The first-order valence-corrected chi connectivity index (χ1v) is 8.33. The van der Waals surface area contributed by atoms with E-state index in [0.29, 0.717) is 13.1 Å². The predicted octanol–water partition coefficient (Wildman–Crippen LogP) is 1.65. The molecule has 0 aliphatic carbocycles. The van der Waals surface area contributed by atoms with Crippen molar-refractivity contribution in [1.29, 1.82) is 0 Å². The lowest BCUT2D eigenvalue weighted by molar-refractivity contribution is -0.135. The lowest BCUT2D eigenvalue weighted by Crippen LogP contribution is -2.44. The molecule has 0 spiro atoms. The fraction of sp³-hybridized carbons (Fsp3) is 0.667. The molecule has 1 N–H and O–H groups in total. The molecular weight excluding hydrogens is 272 g/mol. The van der Waals surface area contributed by atoms with Crippen molar-refractivity contribution in [1.82, 2.24) is 9.80 Å². The van der Waals surface area contributed by atoms with Crippen LogP contribution in [0.1, 0.15) is 36.2 Å². The number of nitrogens with zero attached hydrogens (tertiary/aromatic N) is 2. The van der Waals surface area contributed by atoms with E-state index in [2.05, 4.69) is 23.3 Å². The highest BCUT2D eigenvalue weighted by molar-refractivity contribution is 7.10. The monoisotopic (exact) mass is 294 g/mol. The van der Waals surface area contributed by atoms with E-state index in [-0.39, 0.29) is 18.1 Å². The van der Waals surface area contributed by atoms with E-state index in [1.54, 1.807) is 0 Å². The van der Waals surface area contributed by atoms with Gasteiger partial charge in [-0.1, -0.05) is 6.92 Å². The van der Waals surface area contributed by atoms with Crippen molar-refractivity contribution >= 4 is 17.2 Å². The third-order valence-corrected chi connectivity index (χ3v) is 5.40. The van der Waals surface area contributed by atoms with Gasteiger partial charge >= 0.3 is 0 Å². The standard InChI is InChI=1S/C15H22N2O2S/c1-2-13-12-5-8-20-14(12)4-7-17(13)15(19)10-16-6-3-11(18)9-16/h5,8,11,13,18H,2-4,6-7,9-10H2,1H3/t11-,13?/m0/s1. The number of carbonyl (C=O) groups is 1.